The van der Waals surface area contributed by atoms with Crippen LogP contribution in [0.2, 0.25) is 0 Å². The standard InChI is InChI=1S/C12H12BrN3O4/c1-7-11(6-17)12(15(2)14-7)20-10-4-8(13)3-9(5-10)16(18)19/h3-5,17H,6H2,1-2H3. The first-order valence-electron chi connectivity index (χ1n) is 5.68. The van der Waals surface area contributed by atoms with Crippen LogP contribution in [0, 0.1) is 17.0 Å². The highest BCUT2D eigenvalue weighted by atomic mass is 79.9. The van der Waals surface area contributed by atoms with Gasteiger partial charge in [0, 0.05) is 17.6 Å². The Hall–Kier alpha value is -1.93. The minimum Gasteiger partial charge on any atom is -0.439 e. The van der Waals surface area contributed by atoms with Crippen LogP contribution in [0.15, 0.2) is 22.7 Å². The van der Waals surface area contributed by atoms with Crippen LogP contribution in [0.4, 0.5) is 5.69 Å². The van der Waals surface area contributed by atoms with Crippen molar-refractivity contribution < 1.29 is 14.8 Å². The van der Waals surface area contributed by atoms with Crippen LogP contribution in [0.5, 0.6) is 11.6 Å². The van der Waals surface area contributed by atoms with E-state index in [0.717, 1.165) is 0 Å². The lowest BCUT2D eigenvalue weighted by Gasteiger charge is -2.08. The Morgan fingerprint density at radius 2 is 2.20 bits per heavy atom. The molecule has 8 heteroatoms. The first kappa shape index (κ1) is 14.5. The summed E-state index contributed by atoms with van der Waals surface area (Å²) in [5.74, 6) is 0.654. The molecule has 0 radical (unpaired) electrons. The minimum atomic E-state index is -0.501. The maximum absolute atomic E-state index is 10.8. The Balaban J connectivity index is 2.42. The number of aliphatic hydroxyl groups excluding tert-OH is 1. The lowest BCUT2D eigenvalue weighted by Crippen LogP contribution is -1.98. The second-order valence-electron chi connectivity index (χ2n) is 4.16. The van der Waals surface area contributed by atoms with Gasteiger partial charge in [0.25, 0.3) is 5.69 Å². The van der Waals surface area contributed by atoms with Gasteiger partial charge in [-0.25, -0.2) is 4.68 Å². The smallest absolute Gasteiger partial charge is 0.274 e. The fourth-order valence-corrected chi connectivity index (χ4v) is 2.27. The average molecular weight is 342 g/mol. The molecule has 0 bridgehead atoms. The summed E-state index contributed by atoms with van der Waals surface area (Å²) < 4.78 is 7.64. The highest BCUT2D eigenvalue weighted by Crippen LogP contribution is 2.32. The minimum absolute atomic E-state index is 0.0844. The van der Waals surface area contributed by atoms with Crippen molar-refractivity contribution in [3.05, 3.63) is 44.0 Å². The van der Waals surface area contributed by atoms with Crippen LogP contribution in [-0.4, -0.2) is 19.8 Å². The van der Waals surface area contributed by atoms with E-state index in [2.05, 4.69) is 21.0 Å². The largest absolute Gasteiger partial charge is 0.439 e. The molecule has 1 aromatic carbocycles. The topological polar surface area (TPSA) is 90.4 Å². The highest BCUT2D eigenvalue weighted by Gasteiger charge is 2.16. The molecule has 0 saturated carbocycles. The number of aromatic nitrogens is 2. The van der Waals surface area contributed by atoms with Gasteiger partial charge >= 0.3 is 0 Å². The lowest BCUT2D eigenvalue weighted by molar-refractivity contribution is -0.385. The number of hydrogen-bond acceptors (Lipinski definition) is 5. The van der Waals surface area contributed by atoms with Crippen LogP contribution in [0.3, 0.4) is 0 Å². The number of benzene rings is 1. The number of aliphatic hydroxyl groups is 1. The summed E-state index contributed by atoms with van der Waals surface area (Å²) in [6.07, 6.45) is 0. The molecule has 106 valence electrons. The van der Waals surface area contributed by atoms with E-state index in [1.165, 1.54) is 16.8 Å². The van der Waals surface area contributed by atoms with Crippen LogP contribution in [0.1, 0.15) is 11.3 Å². The predicted octanol–water partition coefficient (Wildman–Crippen LogP) is 2.68. The van der Waals surface area contributed by atoms with Gasteiger partial charge in [-0.05, 0) is 13.0 Å². The van der Waals surface area contributed by atoms with Crippen molar-refractivity contribution in [2.45, 2.75) is 13.5 Å². The molecule has 0 spiro atoms. The summed E-state index contributed by atoms with van der Waals surface area (Å²) in [7, 11) is 1.67. The van der Waals surface area contributed by atoms with Crippen molar-refractivity contribution in [1.29, 1.82) is 0 Å². The quantitative estimate of drug-likeness (QED) is 0.681. The van der Waals surface area contributed by atoms with E-state index in [-0.39, 0.29) is 12.3 Å². The monoisotopic (exact) mass is 341 g/mol. The van der Waals surface area contributed by atoms with E-state index < -0.39 is 4.92 Å². The molecule has 1 heterocycles. The van der Waals surface area contributed by atoms with Crippen molar-refractivity contribution in [1.82, 2.24) is 9.78 Å². The van der Waals surface area contributed by atoms with Crippen LogP contribution in [0.25, 0.3) is 0 Å². The summed E-state index contributed by atoms with van der Waals surface area (Å²) in [5.41, 5.74) is 1.11. The first-order chi connectivity index (χ1) is 9.42. The summed E-state index contributed by atoms with van der Waals surface area (Å²) in [6.45, 7) is 1.53. The number of ether oxygens (including phenoxy) is 1. The number of nitro groups is 1. The summed E-state index contributed by atoms with van der Waals surface area (Å²) >= 11 is 3.20. The van der Waals surface area contributed by atoms with E-state index in [9.17, 15) is 15.2 Å². The molecule has 7 nitrogen and oxygen atoms in total. The van der Waals surface area contributed by atoms with E-state index in [1.807, 2.05) is 0 Å². The molecule has 0 aliphatic rings. The Morgan fingerprint density at radius 3 is 2.80 bits per heavy atom. The van der Waals surface area contributed by atoms with Gasteiger partial charge < -0.3 is 9.84 Å². The van der Waals surface area contributed by atoms with Crippen molar-refractivity contribution in [2.75, 3.05) is 0 Å². The van der Waals surface area contributed by atoms with Crippen molar-refractivity contribution in [3.63, 3.8) is 0 Å². The van der Waals surface area contributed by atoms with Gasteiger partial charge in [0.2, 0.25) is 5.88 Å². The zero-order valence-corrected chi connectivity index (χ0v) is 12.4. The molecule has 20 heavy (non-hydrogen) atoms. The number of nitrogens with zero attached hydrogens (tertiary/aromatic N) is 3. The van der Waals surface area contributed by atoms with Crippen molar-refractivity contribution >= 4 is 21.6 Å². The van der Waals surface area contributed by atoms with E-state index in [4.69, 9.17) is 4.74 Å². The van der Waals surface area contributed by atoms with Gasteiger partial charge in [-0.2, -0.15) is 5.10 Å². The molecule has 0 unspecified atom stereocenters. The molecule has 0 saturated heterocycles. The van der Waals surface area contributed by atoms with Crippen molar-refractivity contribution in [2.24, 2.45) is 7.05 Å². The zero-order chi connectivity index (χ0) is 14.9. The number of nitro benzene ring substituents is 1. The fraction of sp³-hybridized carbons (Fsp3) is 0.250. The molecule has 0 amide bonds. The molecular formula is C12H12BrN3O4. The first-order valence-corrected chi connectivity index (χ1v) is 6.48. The SMILES string of the molecule is Cc1nn(C)c(Oc2cc(Br)cc([N+](=O)[O-])c2)c1CO. The van der Waals surface area contributed by atoms with Gasteiger partial charge in [-0.1, -0.05) is 15.9 Å². The molecule has 0 atom stereocenters. The third-order valence-electron chi connectivity index (χ3n) is 2.73. The van der Waals surface area contributed by atoms with Gasteiger partial charge in [0.15, 0.2) is 0 Å². The summed E-state index contributed by atoms with van der Waals surface area (Å²) in [4.78, 5) is 10.3. The van der Waals surface area contributed by atoms with E-state index in [1.54, 1.807) is 20.0 Å². The molecule has 0 aliphatic heterocycles. The van der Waals surface area contributed by atoms with Crippen LogP contribution < -0.4 is 4.74 Å². The number of rotatable bonds is 4. The highest BCUT2D eigenvalue weighted by molar-refractivity contribution is 9.10. The predicted molar refractivity (Wildman–Crippen MR) is 74.7 cm³/mol. The molecule has 2 aromatic rings. The number of aryl methyl sites for hydroxylation is 2. The normalized spacial score (nSPS) is 10.6. The Morgan fingerprint density at radius 1 is 1.50 bits per heavy atom. The maximum Gasteiger partial charge on any atom is 0.274 e. The zero-order valence-electron chi connectivity index (χ0n) is 10.8. The second-order valence-corrected chi connectivity index (χ2v) is 5.07. The molecule has 1 N–H and O–H groups in total. The fourth-order valence-electron chi connectivity index (χ4n) is 1.81. The molecule has 0 fully saturated rings. The molecule has 0 aliphatic carbocycles. The number of non-ortho nitro benzene ring substituents is 1. The van der Waals surface area contributed by atoms with E-state index >= 15 is 0 Å². The Labute approximate surface area is 123 Å². The van der Waals surface area contributed by atoms with Crippen molar-refractivity contribution in [3.8, 4) is 11.6 Å². The van der Waals surface area contributed by atoms with Gasteiger partial charge in [-0.3, -0.25) is 10.1 Å². The summed E-state index contributed by atoms with van der Waals surface area (Å²) in [5, 5.41) is 24.3. The summed E-state index contributed by atoms with van der Waals surface area (Å²) in [6, 6.07) is 4.30. The Bertz CT molecular complexity index is 669. The van der Waals surface area contributed by atoms with E-state index in [0.29, 0.717) is 27.4 Å². The molecule has 2 rings (SSSR count). The van der Waals surface area contributed by atoms with Gasteiger partial charge in [0.1, 0.15) is 5.75 Å². The third kappa shape index (κ3) is 2.81. The number of hydrogen-bond donors (Lipinski definition) is 1. The maximum atomic E-state index is 10.8. The number of halogens is 1. The lowest BCUT2D eigenvalue weighted by atomic mass is 10.2. The molecule has 1 aromatic heterocycles. The van der Waals surface area contributed by atoms with Crippen LogP contribution in [-0.2, 0) is 13.7 Å². The van der Waals surface area contributed by atoms with Gasteiger partial charge in [-0.15, -0.1) is 0 Å². The average Bonchev–Trinajstić information content (AvgIpc) is 2.63. The van der Waals surface area contributed by atoms with Crippen LogP contribution >= 0.6 is 15.9 Å². The Kier molecular flexibility index (Phi) is 4.05. The third-order valence-corrected chi connectivity index (χ3v) is 3.19. The van der Waals surface area contributed by atoms with Gasteiger partial charge in [0.05, 0.1) is 28.9 Å². The molecular weight excluding hydrogens is 330 g/mol. The second kappa shape index (κ2) is 5.59.